The van der Waals surface area contributed by atoms with E-state index in [0.29, 0.717) is 0 Å². The zero-order valence-corrected chi connectivity index (χ0v) is 13.6. The highest BCUT2D eigenvalue weighted by molar-refractivity contribution is 6.22. The summed E-state index contributed by atoms with van der Waals surface area (Å²) in [5.41, 5.74) is 7.84. The van der Waals surface area contributed by atoms with E-state index in [1.807, 2.05) is 0 Å². The summed E-state index contributed by atoms with van der Waals surface area (Å²) in [5.74, 6) is 0. The Morgan fingerprint density at radius 1 is 0.800 bits per heavy atom. The fraction of sp³-hybridized carbons (Fsp3) is 0.368. The van der Waals surface area contributed by atoms with Crippen molar-refractivity contribution in [2.24, 2.45) is 0 Å². The first-order chi connectivity index (χ1) is 9.56. The highest BCUT2D eigenvalue weighted by Crippen LogP contribution is 2.31. The second-order valence-corrected chi connectivity index (χ2v) is 5.88. The van der Waals surface area contributed by atoms with E-state index < -0.39 is 0 Å². The van der Waals surface area contributed by atoms with Crippen molar-refractivity contribution in [3.8, 4) is 0 Å². The highest BCUT2D eigenvalue weighted by atomic mass is 35.5. The molecular weight excluding hydrogens is 264 g/mol. The van der Waals surface area contributed by atoms with Crippen LogP contribution in [0.15, 0.2) is 36.4 Å². The van der Waals surface area contributed by atoms with Crippen LogP contribution in [0.5, 0.6) is 0 Å². The lowest BCUT2D eigenvalue weighted by molar-refractivity contribution is 1.01. The normalized spacial score (nSPS) is 12.4. The Morgan fingerprint density at radius 3 is 2.00 bits per heavy atom. The van der Waals surface area contributed by atoms with E-state index in [1.165, 1.54) is 33.4 Å². The SMILES string of the molecule is CCc1ccc(C(Cl)c2ccc(C)c(C)c2)cc1CC. The molecule has 2 aromatic carbocycles. The van der Waals surface area contributed by atoms with E-state index >= 15 is 0 Å². The molecule has 0 aromatic heterocycles. The highest BCUT2D eigenvalue weighted by Gasteiger charge is 2.13. The number of alkyl halides is 1. The van der Waals surface area contributed by atoms with Crippen LogP contribution >= 0.6 is 11.6 Å². The van der Waals surface area contributed by atoms with Crippen LogP contribution in [0, 0.1) is 13.8 Å². The second-order valence-electron chi connectivity index (χ2n) is 5.44. The number of benzene rings is 2. The summed E-state index contributed by atoms with van der Waals surface area (Å²) in [6.07, 6.45) is 2.15. The summed E-state index contributed by atoms with van der Waals surface area (Å²) in [4.78, 5) is 0. The van der Waals surface area contributed by atoms with Crippen molar-refractivity contribution < 1.29 is 0 Å². The molecule has 20 heavy (non-hydrogen) atoms. The average Bonchev–Trinajstić information content (AvgIpc) is 2.48. The van der Waals surface area contributed by atoms with Gasteiger partial charge in [-0.25, -0.2) is 0 Å². The summed E-state index contributed by atoms with van der Waals surface area (Å²) < 4.78 is 0. The van der Waals surface area contributed by atoms with Crippen LogP contribution in [0.3, 0.4) is 0 Å². The third-order valence-electron chi connectivity index (χ3n) is 4.11. The van der Waals surface area contributed by atoms with E-state index in [9.17, 15) is 0 Å². The lowest BCUT2D eigenvalue weighted by Gasteiger charge is -2.15. The van der Waals surface area contributed by atoms with Crippen LogP contribution < -0.4 is 0 Å². The summed E-state index contributed by atoms with van der Waals surface area (Å²) >= 11 is 6.68. The van der Waals surface area contributed by atoms with Gasteiger partial charge in [0.15, 0.2) is 0 Å². The number of aryl methyl sites for hydroxylation is 4. The molecule has 1 atom stereocenters. The summed E-state index contributed by atoms with van der Waals surface area (Å²) in [6, 6.07) is 13.2. The van der Waals surface area contributed by atoms with Crippen molar-refractivity contribution in [2.75, 3.05) is 0 Å². The summed E-state index contributed by atoms with van der Waals surface area (Å²) in [5, 5.41) is -0.0643. The Labute approximate surface area is 127 Å². The van der Waals surface area contributed by atoms with Gasteiger partial charge in [-0.15, -0.1) is 11.6 Å². The molecule has 2 aromatic rings. The van der Waals surface area contributed by atoms with Crippen molar-refractivity contribution in [1.82, 2.24) is 0 Å². The second kappa shape index (κ2) is 6.45. The number of hydrogen-bond donors (Lipinski definition) is 0. The Morgan fingerprint density at radius 2 is 1.40 bits per heavy atom. The predicted molar refractivity (Wildman–Crippen MR) is 88.8 cm³/mol. The fourth-order valence-electron chi connectivity index (χ4n) is 2.59. The standard InChI is InChI=1S/C19H23Cl/c1-5-15-9-10-18(12-16(15)6-2)19(20)17-8-7-13(3)14(4)11-17/h7-12,19H,5-6H2,1-4H3. The van der Waals surface area contributed by atoms with Crippen LogP contribution in [0.25, 0.3) is 0 Å². The first-order valence-electron chi connectivity index (χ1n) is 7.39. The van der Waals surface area contributed by atoms with E-state index in [4.69, 9.17) is 11.6 Å². The topological polar surface area (TPSA) is 0 Å². The Bertz CT molecular complexity index is 599. The van der Waals surface area contributed by atoms with Gasteiger partial charge in [-0.3, -0.25) is 0 Å². The van der Waals surface area contributed by atoms with Crippen LogP contribution in [0.1, 0.15) is 52.6 Å². The van der Waals surface area contributed by atoms with Crippen molar-refractivity contribution in [3.63, 3.8) is 0 Å². The van der Waals surface area contributed by atoms with Crippen molar-refractivity contribution in [2.45, 2.75) is 45.9 Å². The average molecular weight is 287 g/mol. The minimum atomic E-state index is -0.0643. The zero-order valence-electron chi connectivity index (χ0n) is 12.8. The molecule has 0 heterocycles. The molecule has 2 rings (SSSR count). The fourth-order valence-corrected chi connectivity index (χ4v) is 2.86. The molecule has 0 saturated carbocycles. The maximum Gasteiger partial charge on any atom is 0.0835 e. The number of halogens is 1. The molecule has 0 fully saturated rings. The third kappa shape index (κ3) is 3.07. The smallest absolute Gasteiger partial charge is 0.0835 e. The van der Waals surface area contributed by atoms with Gasteiger partial charge in [-0.05, 0) is 60.1 Å². The third-order valence-corrected chi connectivity index (χ3v) is 4.61. The first kappa shape index (κ1) is 15.1. The Kier molecular flexibility index (Phi) is 4.88. The van der Waals surface area contributed by atoms with Crippen LogP contribution in [-0.2, 0) is 12.8 Å². The van der Waals surface area contributed by atoms with Crippen molar-refractivity contribution in [3.05, 3.63) is 69.8 Å². The monoisotopic (exact) mass is 286 g/mol. The van der Waals surface area contributed by atoms with Crippen molar-refractivity contribution in [1.29, 1.82) is 0 Å². The molecule has 0 spiro atoms. The zero-order chi connectivity index (χ0) is 14.7. The number of hydrogen-bond acceptors (Lipinski definition) is 0. The van der Waals surface area contributed by atoms with Gasteiger partial charge >= 0.3 is 0 Å². The van der Waals surface area contributed by atoms with E-state index in [2.05, 4.69) is 64.1 Å². The maximum atomic E-state index is 6.68. The van der Waals surface area contributed by atoms with E-state index in [-0.39, 0.29) is 5.38 Å². The van der Waals surface area contributed by atoms with Gasteiger partial charge in [0, 0.05) is 0 Å². The molecule has 0 aliphatic carbocycles. The molecular formula is C19H23Cl. The minimum absolute atomic E-state index is 0.0643. The Balaban J connectivity index is 2.37. The van der Waals surface area contributed by atoms with Gasteiger partial charge in [0.1, 0.15) is 0 Å². The van der Waals surface area contributed by atoms with Gasteiger partial charge in [0.05, 0.1) is 5.38 Å². The molecule has 0 bridgehead atoms. The molecule has 0 radical (unpaired) electrons. The lowest BCUT2D eigenvalue weighted by Crippen LogP contribution is -1.98. The van der Waals surface area contributed by atoms with E-state index in [0.717, 1.165) is 12.8 Å². The Hall–Kier alpha value is -1.27. The van der Waals surface area contributed by atoms with Gasteiger partial charge in [0.25, 0.3) is 0 Å². The molecule has 0 nitrogen and oxygen atoms in total. The quantitative estimate of drug-likeness (QED) is 0.627. The van der Waals surface area contributed by atoms with Crippen LogP contribution in [-0.4, -0.2) is 0 Å². The molecule has 0 amide bonds. The first-order valence-corrected chi connectivity index (χ1v) is 7.83. The van der Waals surface area contributed by atoms with Crippen molar-refractivity contribution >= 4 is 11.6 Å². The lowest BCUT2D eigenvalue weighted by atomic mass is 9.95. The molecule has 1 unspecified atom stereocenters. The molecule has 0 aliphatic heterocycles. The summed E-state index contributed by atoms with van der Waals surface area (Å²) in [6.45, 7) is 8.68. The molecule has 0 saturated heterocycles. The maximum absolute atomic E-state index is 6.68. The van der Waals surface area contributed by atoms with Gasteiger partial charge < -0.3 is 0 Å². The predicted octanol–water partition coefficient (Wildman–Crippen LogP) is 5.76. The molecule has 0 aliphatic rings. The number of rotatable bonds is 4. The van der Waals surface area contributed by atoms with Crippen LogP contribution in [0.4, 0.5) is 0 Å². The van der Waals surface area contributed by atoms with Crippen LogP contribution in [0.2, 0.25) is 0 Å². The summed E-state index contributed by atoms with van der Waals surface area (Å²) in [7, 11) is 0. The van der Waals surface area contributed by atoms with E-state index in [1.54, 1.807) is 0 Å². The molecule has 106 valence electrons. The molecule has 0 N–H and O–H groups in total. The minimum Gasteiger partial charge on any atom is -0.113 e. The largest absolute Gasteiger partial charge is 0.113 e. The van der Waals surface area contributed by atoms with Gasteiger partial charge in [-0.2, -0.15) is 0 Å². The molecule has 1 heteroatoms. The van der Waals surface area contributed by atoms with Gasteiger partial charge in [0.2, 0.25) is 0 Å². The van der Waals surface area contributed by atoms with Gasteiger partial charge in [-0.1, -0.05) is 50.2 Å².